The van der Waals surface area contributed by atoms with Gasteiger partial charge in [-0.2, -0.15) is 0 Å². The summed E-state index contributed by atoms with van der Waals surface area (Å²) in [6.07, 6.45) is 1.68. The van der Waals surface area contributed by atoms with Gasteiger partial charge in [0, 0.05) is 18.7 Å². The van der Waals surface area contributed by atoms with Crippen LogP contribution < -0.4 is 0 Å². The van der Waals surface area contributed by atoms with Crippen LogP contribution in [-0.4, -0.2) is 44.0 Å². The van der Waals surface area contributed by atoms with Crippen molar-refractivity contribution in [3.8, 4) is 0 Å². The van der Waals surface area contributed by atoms with Crippen molar-refractivity contribution in [2.75, 3.05) is 6.54 Å². The first-order chi connectivity index (χ1) is 9.40. The summed E-state index contributed by atoms with van der Waals surface area (Å²) in [5, 5.41) is 8.89. The Hall–Kier alpha value is -2.37. The van der Waals surface area contributed by atoms with E-state index in [0.717, 1.165) is 11.0 Å². The number of rotatable bonds is 4. The molecule has 2 aromatic rings. The molecule has 1 aromatic carbocycles. The standard InChI is InChI=1S/C14H17N3O3/c1-9(2)17(7-13(18)19)14(20)10-4-5-12-11(6-10)15-8-16(12)3/h4-6,8-9H,7H2,1-3H3,(H,18,19). The van der Waals surface area contributed by atoms with Gasteiger partial charge in [0.1, 0.15) is 6.54 Å². The fourth-order valence-corrected chi connectivity index (χ4v) is 2.07. The topological polar surface area (TPSA) is 75.4 Å². The van der Waals surface area contributed by atoms with E-state index in [-0.39, 0.29) is 18.5 Å². The third-order valence-corrected chi connectivity index (χ3v) is 3.16. The van der Waals surface area contributed by atoms with Gasteiger partial charge in [-0.1, -0.05) is 0 Å². The normalized spacial score (nSPS) is 11.0. The van der Waals surface area contributed by atoms with Crippen LogP contribution in [0.5, 0.6) is 0 Å². The molecule has 0 aliphatic rings. The molecule has 0 spiro atoms. The first-order valence-corrected chi connectivity index (χ1v) is 6.34. The van der Waals surface area contributed by atoms with Crippen LogP contribution in [0.4, 0.5) is 0 Å². The molecule has 1 N–H and O–H groups in total. The van der Waals surface area contributed by atoms with Crippen molar-refractivity contribution in [3.63, 3.8) is 0 Å². The third-order valence-electron chi connectivity index (χ3n) is 3.16. The average molecular weight is 275 g/mol. The number of hydrogen-bond acceptors (Lipinski definition) is 3. The molecule has 0 saturated heterocycles. The Labute approximate surface area is 116 Å². The summed E-state index contributed by atoms with van der Waals surface area (Å²) < 4.78 is 1.86. The fraction of sp³-hybridized carbons (Fsp3) is 0.357. The number of aryl methyl sites for hydroxylation is 1. The van der Waals surface area contributed by atoms with Crippen LogP contribution in [0.1, 0.15) is 24.2 Å². The van der Waals surface area contributed by atoms with Gasteiger partial charge in [0.25, 0.3) is 5.91 Å². The minimum Gasteiger partial charge on any atom is -0.480 e. The van der Waals surface area contributed by atoms with Gasteiger partial charge in [-0.3, -0.25) is 9.59 Å². The molecule has 1 aromatic heterocycles. The molecule has 0 fully saturated rings. The Balaban J connectivity index is 2.35. The molecule has 1 amide bonds. The lowest BCUT2D eigenvalue weighted by Crippen LogP contribution is -2.40. The van der Waals surface area contributed by atoms with Crippen molar-refractivity contribution >= 4 is 22.9 Å². The highest BCUT2D eigenvalue weighted by Gasteiger charge is 2.21. The van der Waals surface area contributed by atoms with E-state index in [4.69, 9.17) is 5.11 Å². The number of hydrogen-bond donors (Lipinski definition) is 1. The van der Waals surface area contributed by atoms with Crippen molar-refractivity contribution in [1.82, 2.24) is 14.5 Å². The molecule has 1 heterocycles. The molecule has 0 atom stereocenters. The zero-order chi connectivity index (χ0) is 14.9. The molecule has 0 saturated carbocycles. The fourth-order valence-electron chi connectivity index (χ4n) is 2.07. The highest BCUT2D eigenvalue weighted by Crippen LogP contribution is 2.16. The van der Waals surface area contributed by atoms with Gasteiger partial charge in [-0.15, -0.1) is 0 Å². The first kappa shape index (κ1) is 14.0. The van der Waals surface area contributed by atoms with Crippen molar-refractivity contribution < 1.29 is 14.7 Å². The minimum absolute atomic E-state index is 0.182. The van der Waals surface area contributed by atoms with Crippen LogP contribution in [0.25, 0.3) is 11.0 Å². The Bertz CT molecular complexity index is 661. The summed E-state index contributed by atoms with van der Waals surface area (Å²) in [5.74, 6) is -1.32. The highest BCUT2D eigenvalue weighted by atomic mass is 16.4. The van der Waals surface area contributed by atoms with E-state index in [9.17, 15) is 9.59 Å². The van der Waals surface area contributed by atoms with E-state index in [1.165, 1.54) is 4.90 Å². The van der Waals surface area contributed by atoms with Crippen LogP contribution in [0.15, 0.2) is 24.5 Å². The van der Waals surface area contributed by atoms with E-state index in [0.29, 0.717) is 5.56 Å². The molecular formula is C14H17N3O3. The molecule has 0 unspecified atom stereocenters. The molecule has 6 nitrogen and oxygen atoms in total. The largest absolute Gasteiger partial charge is 0.480 e. The number of carbonyl (C=O) groups is 2. The molecule has 6 heteroatoms. The van der Waals surface area contributed by atoms with E-state index < -0.39 is 5.97 Å². The number of aromatic nitrogens is 2. The predicted molar refractivity (Wildman–Crippen MR) is 74.5 cm³/mol. The Morgan fingerprint density at radius 3 is 2.70 bits per heavy atom. The van der Waals surface area contributed by atoms with Gasteiger partial charge in [0.15, 0.2) is 0 Å². The van der Waals surface area contributed by atoms with E-state index in [1.807, 2.05) is 17.7 Å². The van der Waals surface area contributed by atoms with Crippen molar-refractivity contribution in [2.45, 2.75) is 19.9 Å². The van der Waals surface area contributed by atoms with Gasteiger partial charge < -0.3 is 14.6 Å². The average Bonchev–Trinajstić information content (AvgIpc) is 2.76. The monoisotopic (exact) mass is 275 g/mol. The summed E-state index contributed by atoms with van der Waals surface area (Å²) in [6, 6.07) is 5.02. The van der Waals surface area contributed by atoms with Gasteiger partial charge in [-0.05, 0) is 32.0 Å². The number of benzene rings is 1. The number of carboxylic acid groups (broad SMARTS) is 1. The van der Waals surface area contributed by atoms with E-state index in [2.05, 4.69) is 4.98 Å². The van der Waals surface area contributed by atoms with Crippen molar-refractivity contribution in [3.05, 3.63) is 30.1 Å². The molecular weight excluding hydrogens is 258 g/mol. The molecule has 0 bridgehead atoms. The Morgan fingerprint density at radius 2 is 2.10 bits per heavy atom. The first-order valence-electron chi connectivity index (χ1n) is 6.34. The SMILES string of the molecule is CC(C)N(CC(=O)O)C(=O)c1ccc2c(c1)ncn2C. The Kier molecular flexibility index (Phi) is 3.74. The van der Waals surface area contributed by atoms with Gasteiger partial charge in [-0.25, -0.2) is 4.98 Å². The zero-order valence-electron chi connectivity index (χ0n) is 11.7. The number of carboxylic acids is 1. The predicted octanol–water partition coefficient (Wildman–Crippen LogP) is 1.51. The third kappa shape index (κ3) is 2.64. The maximum atomic E-state index is 12.4. The minimum atomic E-state index is -1.02. The van der Waals surface area contributed by atoms with Crippen LogP contribution in [0.3, 0.4) is 0 Å². The van der Waals surface area contributed by atoms with E-state index >= 15 is 0 Å². The van der Waals surface area contributed by atoms with Gasteiger partial charge in [0.2, 0.25) is 0 Å². The van der Waals surface area contributed by atoms with Crippen LogP contribution in [-0.2, 0) is 11.8 Å². The summed E-state index contributed by atoms with van der Waals surface area (Å²) in [6.45, 7) is 3.27. The highest BCUT2D eigenvalue weighted by molar-refractivity contribution is 5.98. The maximum absolute atomic E-state index is 12.4. The lowest BCUT2D eigenvalue weighted by Gasteiger charge is -2.24. The van der Waals surface area contributed by atoms with E-state index in [1.54, 1.807) is 32.3 Å². The maximum Gasteiger partial charge on any atom is 0.323 e. The van der Waals surface area contributed by atoms with Crippen LogP contribution in [0, 0.1) is 0 Å². The second-order valence-corrected chi connectivity index (χ2v) is 4.98. The quantitative estimate of drug-likeness (QED) is 0.917. The molecule has 106 valence electrons. The lowest BCUT2D eigenvalue weighted by molar-refractivity contribution is -0.138. The van der Waals surface area contributed by atoms with Crippen molar-refractivity contribution in [2.24, 2.45) is 7.05 Å². The molecule has 0 aliphatic heterocycles. The number of nitrogens with zero attached hydrogens (tertiary/aromatic N) is 3. The second kappa shape index (κ2) is 5.32. The van der Waals surface area contributed by atoms with Crippen molar-refractivity contribution in [1.29, 1.82) is 0 Å². The summed E-state index contributed by atoms with van der Waals surface area (Å²) in [5.41, 5.74) is 2.10. The zero-order valence-corrected chi connectivity index (χ0v) is 11.7. The molecule has 0 radical (unpaired) electrons. The summed E-state index contributed by atoms with van der Waals surface area (Å²) in [4.78, 5) is 28.8. The molecule has 0 aliphatic carbocycles. The lowest BCUT2D eigenvalue weighted by atomic mass is 10.1. The summed E-state index contributed by atoms with van der Waals surface area (Å²) >= 11 is 0. The second-order valence-electron chi connectivity index (χ2n) is 4.98. The van der Waals surface area contributed by atoms with Crippen LogP contribution in [0.2, 0.25) is 0 Å². The van der Waals surface area contributed by atoms with Crippen LogP contribution >= 0.6 is 0 Å². The Morgan fingerprint density at radius 1 is 1.40 bits per heavy atom. The number of amides is 1. The molecule has 2 rings (SSSR count). The van der Waals surface area contributed by atoms with Gasteiger partial charge in [0.05, 0.1) is 17.4 Å². The number of fused-ring (bicyclic) bond motifs is 1. The summed E-state index contributed by atoms with van der Waals surface area (Å²) in [7, 11) is 1.88. The molecule has 20 heavy (non-hydrogen) atoms. The number of aliphatic carboxylic acids is 1. The number of imidazole rings is 1. The number of carbonyl (C=O) groups excluding carboxylic acids is 1. The smallest absolute Gasteiger partial charge is 0.323 e. The van der Waals surface area contributed by atoms with Gasteiger partial charge >= 0.3 is 5.97 Å².